The predicted molar refractivity (Wildman–Crippen MR) is 106 cm³/mol. The fraction of sp³-hybridized carbons (Fsp3) is 0.316. The van der Waals surface area contributed by atoms with Crippen molar-refractivity contribution < 1.29 is 23.5 Å². The third kappa shape index (κ3) is 6.48. The van der Waals surface area contributed by atoms with E-state index in [4.69, 9.17) is 13.8 Å². The monoisotopic (exact) mass is 406 g/mol. The summed E-state index contributed by atoms with van der Waals surface area (Å²) in [6.07, 6.45) is 0. The van der Waals surface area contributed by atoms with Crippen LogP contribution in [0.2, 0.25) is 0 Å². The maximum absolute atomic E-state index is 12.3. The molecule has 0 spiro atoms. The number of nitro benzene ring substituents is 1. The summed E-state index contributed by atoms with van der Waals surface area (Å²) in [5, 5.41) is 13.9. The summed E-state index contributed by atoms with van der Waals surface area (Å²) in [5.74, 6) is 0.485. The van der Waals surface area contributed by atoms with Crippen molar-refractivity contribution >= 4 is 20.2 Å². The van der Waals surface area contributed by atoms with Gasteiger partial charge in [0.05, 0.1) is 11.5 Å². The zero-order valence-corrected chi connectivity index (χ0v) is 16.8. The van der Waals surface area contributed by atoms with Gasteiger partial charge in [0, 0.05) is 12.1 Å². The van der Waals surface area contributed by atoms with E-state index >= 15 is 0 Å². The van der Waals surface area contributed by atoms with Gasteiger partial charge in [-0.05, 0) is 37.1 Å². The molecule has 8 nitrogen and oxygen atoms in total. The van der Waals surface area contributed by atoms with E-state index in [0.29, 0.717) is 11.5 Å². The number of benzene rings is 2. The summed E-state index contributed by atoms with van der Waals surface area (Å²) >= 11 is 0. The first-order chi connectivity index (χ1) is 13.4. The fourth-order valence-electron chi connectivity index (χ4n) is 2.19. The molecule has 0 aliphatic heterocycles. The second-order valence-corrected chi connectivity index (χ2v) is 7.24. The first-order valence-electron chi connectivity index (χ1n) is 8.79. The van der Waals surface area contributed by atoms with Crippen LogP contribution in [0.3, 0.4) is 0 Å². The molecule has 9 heteroatoms. The summed E-state index contributed by atoms with van der Waals surface area (Å²) in [6.45, 7) is 5.78. The Kier molecular flexibility index (Phi) is 8.17. The van der Waals surface area contributed by atoms with E-state index in [1.807, 2.05) is 32.0 Å². The Morgan fingerprint density at radius 1 is 1.07 bits per heavy atom. The Bertz CT molecular complexity index is 770. The third-order valence-corrected chi connectivity index (χ3v) is 4.86. The van der Waals surface area contributed by atoms with E-state index in [0.717, 1.165) is 0 Å². The molecule has 0 aliphatic carbocycles. The quantitative estimate of drug-likeness (QED) is 0.269. The van der Waals surface area contributed by atoms with Gasteiger partial charge in [0.25, 0.3) is 5.69 Å². The van der Waals surface area contributed by atoms with Crippen molar-refractivity contribution in [2.24, 2.45) is 5.92 Å². The Hall–Kier alpha value is -2.70. The molecular weight excluding hydrogens is 383 g/mol. The first kappa shape index (κ1) is 21.6. The van der Waals surface area contributed by atoms with Gasteiger partial charge in [-0.2, -0.15) is 0 Å². The lowest BCUT2D eigenvalue weighted by atomic mass is 10.1. The van der Waals surface area contributed by atoms with Crippen molar-refractivity contribution in [2.75, 3.05) is 6.61 Å². The number of carbonyl (C=O) groups is 1. The number of hydrogen-bond acceptors (Lipinski definition) is 7. The number of hydrogen-bond donors (Lipinski definition) is 1. The van der Waals surface area contributed by atoms with Crippen LogP contribution in [0.1, 0.15) is 20.8 Å². The molecule has 2 rings (SSSR count). The van der Waals surface area contributed by atoms with E-state index < -0.39 is 25.5 Å². The average molecular weight is 406 g/mol. The van der Waals surface area contributed by atoms with Crippen LogP contribution in [0.25, 0.3) is 0 Å². The maximum atomic E-state index is 12.3. The fourth-order valence-corrected chi connectivity index (χ4v) is 3.59. The Morgan fingerprint density at radius 2 is 1.64 bits per heavy atom. The van der Waals surface area contributed by atoms with Crippen molar-refractivity contribution in [1.82, 2.24) is 5.09 Å². The van der Waals surface area contributed by atoms with Crippen molar-refractivity contribution in [3.63, 3.8) is 0 Å². The molecule has 2 unspecified atom stereocenters. The normalized spacial score (nSPS) is 12.9. The van der Waals surface area contributed by atoms with Gasteiger partial charge in [0.15, 0.2) is 0 Å². The van der Waals surface area contributed by atoms with Crippen molar-refractivity contribution in [2.45, 2.75) is 26.8 Å². The van der Waals surface area contributed by atoms with Crippen molar-refractivity contribution in [3.8, 4) is 11.5 Å². The van der Waals surface area contributed by atoms with Gasteiger partial charge in [-0.25, -0.2) is 5.09 Å². The van der Waals surface area contributed by atoms with Gasteiger partial charge in [0.2, 0.25) is 0 Å². The number of nitrogens with one attached hydrogen (secondary N) is 1. The van der Waals surface area contributed by atoms with E-state index in [1.165, 1.54) is 24.3 Å². The van der Waals surface area contributed by atoms with Crippen LogP contribution in [-0.4, -0.2) is 23.5 Å². The largest absolute Gasteiger partial charge is 0.465 e. The highest BCUT2D eigenvalue weighted by molar-refractivity contribution is 7.45. The van der Waals surface area contributed by atoms with E-state index in [-0.39, 0.29) is 18.2 Å². The predicted octanol–water partition coefficient (Wildman–Crippen LogP) is 4.46. The lowest BCUT2D eigenvalue weighted by Gasteiger charge is -2.25. The standard InChI is InChI=1S/C19H23N2O6P/c1-4-25-19(22)18(14(2)3)20-28(26-16-8-6-5-7-9-16)27-17-12-10-15(11-13-17)21(23)24/h5-14,18,20H,4H2,1-3H3. The van der Waals surface area contributed by atoms with Gasteiger partial charge in [-0.15, -0.1) is 0 Å². The van der Waals surface area contributed by atoms with Crippen LogP contribution in [0.4, 0.5) is 5.69 Å². The molecule has 0 heterocycles. The van der Waals surface area contributed by atoms with E-state index in [2.05, 4.69) is 5.09 Å². The van der Waals surface area contributed by atoms with E-state index in [9.17, 15) is 14.9 Å². The molecule has 0 saturated heterocycles. The molecule has 2 atom stereocenters. The molecule has 0 radical (unpaired) electrons. The number of para-hydroxylation sites is 1. The number of esters is 1. The number of nitro groups is 1. The number of nitrogens with zero attached hydrogens (tertiary/aromatic N) is 1. The second kappa shape index (κ2) is 10.6. The van der Waals surface area contributed by atoms with Crippen molar-refractivity contribution in [1.29, 1.82) is 0 Å². The Labute approximate surface area is 164 Å². The third-order valence-electron chi connectivity index (χ3n) is 3.62. The molecule has 0 aromatic heterocycles. The minimum absolute atomic E-state index is 0.0415. The van der Waals surface area contributed by atoms with Gasteiger partial charge < -0.3 is 13.8 Å². The van der Waals surface area contributed by atoms with Crippen LogP contribution in [-0.2, 0) is 9.53 Å². The number of rotatable bonds is 10. The molecule has 0 fully saturated rings. The maximum Gasteiger partial charge on any atom is 0.382 e. The highest BCUT2D eigenvalue weighted by Gasteiger charge is 2.30. The smallest absolute Gasteiger partial charge is 0.382 e. The summed E-state index contributed by atoms with van der Waals surface area (Å²) in [4.78, 5) is 22.6. The molecule has 0 amide bonds. The van der Waals surface area contributed by atoms with E-state index in [1.54, 1.807) is 19.1 Å². The summed E-state index contributed by atoms with van der Waals surface area (Å²) in [7, 11) is -1.77. The molecule has 0 saturated carbocycles. The minimum atomic E-state index is -1.77. The van der Waals surface area contributed by atoms with Crippen LogP contribution in [0, 0.1) is 16.0 Å². The number of carbonyl (C=O) groups excluding carboxylic acids is 1. The molecule has 150 valence electrons. The van der Waals surface area contributed by atoms with Gasteiger partial charge in [0.1, 0.15) is 17.5 Å². The molecule has 2 aromatic carbocycles. The lowest BCUT2D eigenvalue weighted by Crippen LogP contribution is -2.40. The Balaban J connectivity index is 2.20. The lowest BCUT2D eigenvalue weighted by molar-refractivity contribution is -0.384. The average Bonchev–Trinajstić information content (AvgIpc) is 2.67. The van der Waals surface area contributed by atoms with Crippen LogP contribution < -0.4 is 14.1 Å². The van der Waals surface area contributed by atoms with Gasteiger partial charge in [-0.1, -0.05) is 32.0 Å². The molecule has 28 heavy (non-hydrogen) atoms. The Morgan fingerprint density at radius 3 is 2.14 bits per heavy atom. The first-order valence-corrected chi connectivity index (χ1v) is 9.96. The van der Waals surface area contributed by atoms with Gasteiger partial charge in [-0.3, -0.25) is 14.9 Å². The molecule has 2 aromatic rings. The molecule has 1 N–H and O–H groups in total. The number of ether oxygens (including phenoxy) is 1. The minimum Gasteiger partial charge on any atom is -0.465 e. The zero-order valence-electron chi connectivity index (χ0n) is 15.9. The molecule has 0 aliphatic rings. The summed E-state index contributed by atoms with van der Waals surface area (Å²) in [6, 6.07) is 14.1. The highest BCUT2D eigenvalue weighted by Crippen LogP contribution is 2.38. The molecule has 0 bridgehead atoms. The zero-order chi connectivity index (χ0) is 20.5. The van der Waals surface area contributed by atoms with Crippen molar-refractivity contribution in [3.05, 3.63) is 64.7 Å². The van der Waals surface area contributed by atoms with Crippen LogP contribution >= 0.6 is 8.53 Å². The van der Waals surface area contributed by atoms with Gasteiger partial charge >= 0.3 is 14.5 Å². The molecular formula is C19H23N2O6P. The number of non-ortho nitro benzene ring substituents is 1. The second-order valence-electron chi connectivity index (χ2n) is 6.11. The summed E-state index contributed by atoms with van der Waals surface area (Å²) in [5.41, 5.74) is -0.0415. The SMILES string of the molecule is CCOC(=O)C(NP(Oc1ccccc1)Oc1ccc([N+](=O)[O-])cc1)C(C)C. The summed E-state index contributed by atoms with van der Waals surface area (Å²) < 4.78 is 16.9. The highest BCUT2D eigenvalue weighted by atomic mass is 31.2. The van der Waals surface area contributed by atoms with Crippen LogP contribution in [0.15, 0.2) is 54.6 Å². The van der Waals surface area contributed by atoms with Crippen LogP contribution in [0.5, 0.6) is 11.5 Å². The topological polar surface area (TPSA) is 99.9 Å².